The van der Waals surface area contributed by atoms with Crippen molar-refractivity contribution in [1.29, 1.82) is 0 Å². The number of aliphatic hydroxyl groups is 1. The van der Waals surface area contributed by atoms with Crippen molar-refractivity contribution in [3.63, 3.8) is 0 Å². The molecule has 1 aliphatic rings. The molecular weight excluding hydrogens is 436 g/mol. The SMILES string of the molecule is CCO[C@@H]1O[C@H](COCc2ccccc2)[C@@H](O)[C@H](OCC(=O)O)[C@H]1NC(=O)CCN=C(N)N. The van der Waals surface area contributed by atoms with Crippen molar-refractivity contribution in [3.8, 4) is 0 Å². The number of aliphatic imine (C=N–C) groups is 1. The third kappa shape index (κ3) is 8.94. The highest BCUT2D eigenvalue weighted by molar-refractivity contribution is 5.78. The van der Waals surface area contributed by atoms with Gasteiger partial charge in [-0.05, 0) is 12.5 Å². The van der Waals surface area contributed by atoms with Crippen LogP contribution in [0.4, 0.5) is 0 Å². The van der Waals surface area contributed by atoms with Crippen molar-refractivity contribution >= 4 is 17.8 Å². The smallest absolute Gasteiger partial charge is 0.329 e. The molecule has 1 heterocycles. The second kappa shape index (κ2) is 13.7. The lowest BCUT2D eigenvalue weighted by Crippen LogP contribution is -2.65. The van der Waals surface area contributed by atoms with Crippen molar-refractivity contribution in [1.82, 2.24) is 5.32 Å². The van der Waals surface area contributed by atoms with Gasteiger partial charge in [-0.25, -0.2) is 4.79 Å². The lowest BCUT2D eigenvalue weighted by molar-refractivity contribution is -0.278. The third-order valence-electron chi connectivity index (χ3n) is 4.76. The van der Waals surface area contributed by atoms with E-state index in [1.54, 1.807) is 6.92 Å². The van der Waals surface area contributed by atoms with Gasteiger partial charge in [-0.2, -0.15) is 0 Å². The van der Waals surface area contributed by atoms with E-state index in [4.69, 9.17) is 35.5 Å². The van der Waals surface area contributed by atoms with Crippen LogP contribution in [0, 0.1) is 0 Å². The number of benzene rings is 1. The average molecular weight is 469 g/mol. The van der Waals surface area contributed by atoms with Crippen LogP contribution in [-0.2, 0) is 35.1 Å². The predicted molar refractivity (Wildman–Crippen MR) is 117 cm³/mol. The van der Waals surface area contributed by atoms with Crippen molar-refractivity contribution in [3.05, 3.63) is 35.9 Å². The van der Waals surface area contributed by atoms with E-state index in [1.807, 2.05) is 30.3 Å². The Morgan fingerprint density at radius 2 is 1.94 bits per heavy atom. The van der Waals surface area contributed by atoms with E-state index in [-0.39, 0.29) is 32.1 Å². The Hall–Kier alpha value is -2.77. The maximum absolute atomic E-state index is 12.4. The van der Waals surface area contributed by atoms with Crippen LogP contribution < -0.4 is 16.8 Å². The Kier molecular flexibility index (Phi) is 11.0. The molecule has 7 N–H and O–H groups in total. The first-order chi connectivity index (χ1) is 15.8. The summed E-state index contributed by atoms with van der Waals surface area (Å²) in [6.07, 6.45) is -4.34. The number of aliphatic hydroxyl groups excluding tert-OH is 1. The van der Waals surface area contributed by atoms with Gasteiger partial charge in [0.15, 0.2) is 12.2 Å². The molecule has 1 aromatic carbocycles. The number of carboxylic acid groups (broad SMARTS) is 1. The number of rotatable bonds is 13. The summed E-state index contributed by atoms with van der Waals surface area (Å²) in [5.74, 6) is -1.82. The van der Waals surface area contributed by atoms with E-state index < -0.39 is 49.1 Å². The number of nitrogens with zero attached hydrogens (tertiary/aromatic N) is 1. The van der Waals surface area contributed by atoms with Crippen molar-refractivity contribution in [2.75, 3.05) is 26.4 Å². The minimum absolute atomic E-state index is 0.00226. The van der Waals surface area contributed by atoms with Crippen LogP contribution in [0.2, 0.25) is 0 Å². The van der Waals surface area contributed by atoms with Gasteiger partial charge in [0.25, 0.3) is 0 Å². The quantitative estimate of drug-likeness (QED) is 0.176. The Balaban J connectivity index is 2.09. The Labute approximate surface area is 191 Å². The normalized spacial score (nSPS) is 24.7. The third-order valence-corrected chi connectivity index (χ3v) is 4.76. The summed E-state index contributed by atoms with van der Waals surface area (Å²) in [5, 5.41) is 22.6. The van der Waals surface area contributed by atoms with Gasteiger partial charge in [0.2, 0.25) is 5.91 Å². The van der Waals surface area contributed by atoms with Gasteiger partial charge in [0, 0.05) is 13.0 Å². The fourth-order valence-electron chi connectivity index (χ4n) is 3.29. The van der Waals surface area contributed by atoms with E-state index in [0.29, 0.717) is 6.61 Å². The van der Waals surface area contributed by atoms with Crippen LogP contribution in [-0.4, -0.2) is 85.1 Å². The van der Waals surface area contributed by atoms with Crippen LogP contribution in [0.25, 0.3) is 0 Å². The maximum atomic E-state index is 12.4. The number of hydrogen-bond donors (Lipinski definition) is 5. The molecule has 33 heavy (non-hydrogen) atoms. The molecule has 184 valence electrons. The van der Waals surface area contributed by atoms with Crippen LogP contribution >= 0.6 is 0 Å². The number of aliphatic carboxylic acids is 1. The van der Waals surface area contributed by atoms with E-state index in [1.165, 1.54) is 0 Å². The highest BCUT2D eigenvalue weighted by Crippen LogP contribution is 2.25. The van der Waals surface area contributed by atoms with E-state index >= 15 is 0 Å². The molecule has 0 aromatic heterocycles. The predicted octanol–water partition coefficient (Wildman–Crippen LogP) is -1.06. The minimum atomic E-state index is -1.29. The first kappa shape index (κ1) is 26.5. The second-order valence-corrected chi connectivity index (χ2v) is 7.31. The summed E-state index contributed by atoms with van der Waals surface area (Å²) >= 11 is 0. The second-order valence-electron chi connectivity index (χ2n) is 7.31. The maximum Gasteiger partial charge on any atom is 0.329 e. The van der Waals surface area contributed by atoms with Gasteiger partial charge >= 0.3 is 5.97 Å². The van der Waals surface area contributed by atoms with Gasteiger partial charge in [-0.1, -0.05) is 30.3 Å². The summed E-state index contributed by atoms with van der Waals surface area (Å²) in [6.45, 7) is 1.64. The number of nitrogens with two attached hydrogens (primary N) is 2. The number of hydrogen-bond acceptors (Lipinski definition) is 8. The zero-order valence-corrected chi connectivity index (χ0v) is 18.5. The zero-order valence-electron chi connectivity index (χ0n) is 18.5. The van der Waals surface area contributed by atoms with Crippen molar-refractivity contribution < 1.29 is 38.7 Å². The molecule has 2 rings (SSSR count). The molecule has 0 bridgehead atoms. The number of carbonyl (C=O) groups is 2. The largest absolute Gasteiger partial charge is 0.480 e. The molecule has 0 spiro atoms. The topological polar surface area (TPSA) is 188 Å². The number of ether oxygens (including phenoxy) is 4. The summed E-state index contributed by atoms with van der Waals surface area (Å²) < 4.78 is 22.6. The van der Waals surface area contributed by atoms with E-state index in [0.717, 1.165) is 5.56 Å². The molecule has 12 heteroatoms. The fourth-order valence-corrected chi connectivity index (χ4v) is 3.29. The first-order valence-corrected chi connectivity index (χ1v) is 10.6. The summed E-state index contributed by atoms with van der Waals surface area (Å²) in [6, 6.07) is 8.47. The highest BCUT2D eigenvalue weighted by Gasteiger charge is 2.47. The molecule has 1 saturated heterocycles. The Morgan fingerprint density at radius 1 is 1.21 bits per heavy atom. The first-order valence-electron chi connectivity index (χ1n) is 10.6. The number of carbonyl (C=O) groups excluding carboxylic acids is 1. The van der Waals surface area contributed by atoms with Crippen molar-refractivity contribution in [2.24, 2.45) is 16.5 Å². The van der Waals surface area contributed by atoms with E-state index in [9.17, 15) is 14.7 Å². The average Bonchev–Trinajstić information content (AvgIpc) is 2.76. The molecule has 1 aliphatic heterocycles. The van der Waals surface area contributed by atoms with Gasteiger partial charge in [0.1, 0.15) is 31.0 Å². The number of amides is 1. The summed E-state index contributed by atoms with van der Waals surface area (Å²) in [4.78, 5) is 27.2. The lowest BCUT2D eigenvalue weighted by atomic mass is 9.96. The van der Waals surface area contributed by atoms with Crippen LogP contribution in [0.5, 0.6) is 0 Å². The molecule has 1 fully saturated rings. The molecule has 0 saturated carbocycles. The summed E-state index contributed by atoms with van der Waals surface area (Å²) in [7, 11) is 0. The standard InChI is InChI=1S/C21H32N4O8/c1-2-31-20-17(25-15(26)8-9-24-21(22)23)19(32-12-16(27)28)18(29)14(33-20)11-30-10-13-6-4-3-5-7-13/h3-7,14,17-20,29H,2,8-12H2,1H3,(H,25,26)(H,27,28)(H4,22,23,24)/t14-,17-,18-,19-,20-/m1/s1. The molecule has 0 radical (unpaired) electrons. The van der Waals surface area contributed by atoms with Gasteiger partial charge in [-0.3, -0.25) is 9.79 Å². The van der Waals surface area contributed by atoms with Crippen LogP contribution in [0.3, 0.4) is 0 Å². The molecular formula is C21H32N4O8. The lowest BCUT2D eigenvalue weighted by Gasteiger charge is -2.44. The minimum Gasteiger partial charge on any atom is -0.480 e. The van der Waals surface area contributed by atoms with Crippen molar-refractivity contribution in [2.45, 2.75) is 50.6 Å². The molecule has 1 aromatic rings. The van der Waals surface area contributed by atoms with Gasteiger partial charge in [0.05, 0.1) is 19.8 Å². The molecule has 1 amide bonds. The Bertz CT molecular complexity index is 775. The van der Waals surface area contributed by atoms with E-state index in [2.05, 4.69) is 10.3 Å². The number of nitrogens with one attached hydrogen (secondary N) is 1. The molecule has 12 nitrogen and oxygen atoms in total. The van der Waals surface area contributed by atoms with Crippen LogP contribution in [0.1, 0.15) is 18.9 Å². The highest BCUT2D eigenvalue weighted by atomic mass is 16.7. The molecule has 0 unspecified atom stereocenters. The summed E-state index contributed by atoms with van der Waals surface area (Å²) in [5.41, 5.74) is 11.5. The zero-order chi connectivity index (χ0) is 24.2. The fraction of sp³-hybridized carbons (Fsp3) is 0.571. The molecule has 5 atom stereocenters. The number of guanidine groups is 1. The van der Waals surface area contributed by atoms with Gasteiger partial charge < -0.3 is 45.9 Å². The Morgan fingerprint density at radius 3 is 2.58 bits per heavy atom. The van der Waals surface area contributed by atoms with Gasteiger partial charge in [-0.15, -0.1) is 0 Å². The molecule has 0 aliphatic carbocycles. The number of carboxylic acids is 1. The monoisotopic (exact) mass is 468 g/mol. The van der Waals surface area contributed by atoms with Crippen LogP contribution in [0.15, 0.2) is 35.3 Å².